The fraction of sp³-hybridized carbons (Fsp3) is 0.333. The van der Waals surface area contributed by atoms with Crippen molar-refractivity contribution in [1.82, 2.24) is 0 Å². The highest BCUT2D eigenvalue weighted by molar-refractivity contribution is 5.30. The number of hydrogen-bond acceptors (Lipinski definition) is 2. The van der Waals surface area contributed by atoms with E-state index in [0.717, 1.165) is 6.42 Å². The Kier molecular flexibility index (Phi) is 6.72. The van der Waals surface area contributed by atoms with Crippen LogP contribution in [0.4, 0.5) is 0 Å². The third-order valence-corrected chi connectivity index (χ3v) is 2.04. The van der Waals surface area contributed by atoms with Crippen molar-refractivity contribution in [3.63, 3.8) is 0 Å². The molecule has 0 saturated carbocycles. The van der Waals surface area contributed by atoms with Crippen LogP contribution in [-0.4, -0.2) is 10.5 Å². The molecule has 0 aromatic heterocycles. The van der Waals surface area contributed by atoms with Gasteiger partial charge in [-0.15, -0.1) is 6.58 Å². The number of benzene rings is 1. The molecule has 0 atom stereocenters. The van der Waals surface area contributed by atoms with E-state index in [1.54, 1.807) is 0 Å². The zero-order valence-electron chi connectivity index (χ0n) is 8.77. The maximum Gasteiger partial charge on any atom is -0.00973 e. The predicted octanol–water partition coefficient (Wildman–Crippen LogP) is 3.56. The van der Waals surface area contributed by atoms with Gasteiger partial charge < -0.3 is 0 Å². The van der Waals surface area contributed by atoms with Crippen LogP contribution in [0.5, 0.6) is 0 Å². The van der Waals surface area contributed by atoms with E-state index in [-0.39, 0.29) is 0 Å². The van der Waals surface area contributed by atoms with Crippen molar-refractivity contribution in [3.8, 4) is 0 Å². The Bertz CT molecular complexity index is 267. The monoisotopic (exact) mass is 194 g/mol. The Morgan fingerprint density at radius 1 is 1.29 bits per heavy atom. The summed E-state index contributed by atoms with van der Waals surface area (Å²) in [7, 11) is 0. The van der Waals surface area contributed by atoms with Gasteiger partial charge in [0, 0.05) is 0 Å². The summed E-state index contributed by atoms with van der Waals surface area (Å²) in [6.07, 6.45) is 2.94. The average Bonchev–Trinajstić information content (AvgIpc) is 2.22. The molecule has 0 aliphatic rings. The second kappa shape index (κ2) is 7.30. The van der Waals surface area contributed by atoms with Gasteiger partial charge in [-0.1, -0.05) is 44.2 Å². The maximum atomic E-state index is 6.00. The van der Waals surface area contributed by atoms with E-state index in [1.165, 1.54) is 11.1 Å². The molecule has 0 unspecified atom stereocenters. The first-order valence-electron chi connectivity index (χ1n) is 4.64. The predicted molar refractivity (Wildman–Crippen MR) is 59.7 cm³/mol. The first-order chi connectivity index (χ1) is 6.75. The summed E-state index contributed by atoms with van der Waals surface area (Å²) in [6, 6.07) is 8.56. The lowest BCUT2D eigenvalue weighted by atomic mass is 9.95. The lowest BCUT2D eigenvalue weighted by molar-refractivity contribution is -0.176. The Morgan fingerprint density at radius 3 is 2.36 bits per heavy atom. The van der Waals surface area contributed by atoms with E-state index in [2.05, 4.69) is 44.7 Å². The van der Waals surface area contributed by atoms with Gasteiger partial charge in [-0.2, -0.15) is 0 Å². The van der Waals surface area contributed by atoms with Crippen LogP contribution in [0, 0.1) is 0 Å². The van der Waals surface area contributed by atoms with Gasteiger partial charge in [-0.05, 0) is 23.5 Å². The minimum absolute atomic E-state index is 0.612. The van der Waals surface area contributed by atoms with E-state index < -0.39 is 0 Å². The van der Waals surface area contributed by atoms with Gasteiger partial charge in [0.1, 0.15) is 0 Å². The molecular formula is C12H18O2. The van der Waals surface area contributed by atoms with Crippen molar-refractivity contribution in [2.75, 3.05) is 0 Å². The van der Waals surface area contributed by atoms with Crippen LogP contribution in [0.25, 0.3) is 0 Å². The van der Waals surface area contributed by atoms with Crippen molar-refractivity contribution < 1.29 is 10.5 Å². The van der Waals surface area contributed by atoms with Crippen LogP contribution in [-0.2, 0) is 6.42 Å². The molecule has 2 heteroatoms. The maximum absolute atomic E-state index is 6.00. The fourth-order valence-electron chi connectivity index (χ4n) is 1.44. The van der Waals surface area contributed by atoms with Gasteiger partial charge in [0.05, 0.1) is 0 Å². The lowest BCUT2D eigenvalue weighted by Crippen LogP contribution is -1.94. The molecule has 0 aliphatic heterocycles. The second-order valence-corrected chi connectivity index (χ2v) is 3.35. The van der Waals surface area contributed by atoms with Crippen LogP contribution >= 0.6 is 0 Å². The molecule has 78 valence electrons. The smallest absolute Gasteiger partial charge is 0.00973 e. The van der Waals surface area contributed by atoms with Gasteiger partial charge in [0.25, 0.3) is 0 Å². The van der Waals surface area contributed by atoms with Crippen molar-refractivity contribution in [3.05, 3.63) is 48.0 Å². The Labute approximate surface area is 85.5 Å². The normalized spacial score (nSPS) is 9.21. The summed E-state index contributed by atoms with van der Waals surface area (Å²) >= 11 is 0. The molecule has 0 saturated heterocycles. The molecular weight excluding hydrogens is 176 g/mol. The Hall–Kier alpha value is -1.12. The molecule has 1 aromatic carbocycles. The standard InChI is InChI=1S/C12H16.H2O2/c1-4-7-11-8-5-6-9-12(11)10(2)3;1-2/h4-6,8-10H,1,7H2,2-3H3;1-2H. The highest BCUT2D eigenvalue weighted by Crippen LogP contribution is 2.19. The van der Waals surface area contributed by atoms with E-state index in [4.69, 9.17) is 10.5 Å². The summed E-state index contributed by atoms with van der Waals surface area (Å²) in [6.45, 7) is 8.20. The molecule has 2 nitrogen and oxygen atoms in total. The summed E-state index contributed by atoms with van der Waals surface area (Å²) < 4.78 is 0. The first-order valence-corrected chi connectivity index (χ1v) is 4.64. The first kappa shape index (κ1) is 12.9. The highest BCUT2D eigenvalue weighted by atomic mass is 17.0. The fourth-order valence-corrected chi connectivity index (χ4v) is 1.44. The van der Waals surface area contributed by atoms with Crippen molar-refractivity contribution in [2.45, 2.75) is 26.2 Å². The topological polar surface area (TPSA) is 40.5 Å². The van der Waals surface area contributed by atoms with E-state index in [9.17, 15) is 0 Å². The molecule has 14 heavy (non-hydrogen) atoms. The molecule has 0 aliphatic carbocycles. The summed E-state index contributed by atoms with van der Waals surface area (Å²) in [5.41, 5.74) is 2.85. The molecule has 0 radical (unpaired) electrons. The van der Waals surface area contributed by atoms with Crippen LogP contribution < -0.4 is 0 Å². The summed E-state index contributed by atoms with van der Waals surface area (Å²) in [4.78, 5) is 0. The van der Waals surface area contributed by atoms with Crippen LogP contribution in [0.3, 0.4) is 0 Å². The van der Waals surface area contributed by atoms with Gasteiger partial charge in [0.2, 0.25) is 0 Å². The quantitative estimate of drug-likeness (QED) is 0.439. The minimum atomic E-state index is 0.612. The highest BCUT2D eigenvalue weighted by Gasteiger charge is 2.02. The summed E-state index contributed by atoms with van der Waals surface area (Å²) in [5.74, 6) is 0.612. The van der Waals surface area contributed by atoms with Crippen molar-refractivity contribution in [1.29, 1.82) is 0 Å². The zero-order chi connectivity index (χ0) is 11.0. The number of rotatable bonds is 3. The van der Waals surface area contributed by atoms with E-state index in [0.29, 0.717) is 5.92 Å². The molecule has 0 bridgehead atoms. The zero-order valence-corrected chi connectivity index (χ0v) is 8.77. The van der Waals surface area contributed by atoms with Gasteiger partial charge >= 0.3 is 0 Å². The molecule has 1 rings (SSSR count). The SMILES string of the molecule is C=CCc1ccccc1C(C)C.OO. The molecule has 1 aromatic rings. The van der Waals surface area contributed by atoms with E-state index >= 15 is 0 Å². The minimum Gasteiger partial charge on any atom is -0.255 e. The third kappa shape index (κ3) is 3.73. The summed E-state index contributed by atoms with van der Waals surface area (Å²) in [5, 5.41) is 12.0. The molecule has 2 N–H and O–H groups in total. The van der Waals surface area contributed by atoms with Crippen LogP contribution in [0.15, 0.2) is 36.9 Å². The lowest BCUT2D eigenvalue weighted by Gasteiger charge is -2.10. The largest absolute Gasteiger partial charge is 0.255 e. The van der Waals surface area contributed by atoms with Gasteiger partial charge in [-0.3, -0.25) is 10.5 Å². The Balaban J connectivity index is 0.000000791. The van der Waals surface area contributed by atoms with Gasteiger partial charge in [0.15, 0.2) is 0 Å². The van der Waals surface area contributed by atoms with Crippen molar-refractivity contribution >= 4 is 0 Å². The van der Waals surface area contributed by atoms with Crippen LogP contribution in [0.1, 0.15) is 30.9 Å². The number of allylic oxidation sites excluding steroid dienone is 1. The molecule has 0 heterocycles. The molecule has 0 amide bonds. The molecule has 0 fully saturated rings. The van der Waals surface area contributed by atoms with Crippen molar-refractivity contribution in [2.24, 2.45) is 0 Å². The third-order valence-electron chi connectivity index (χ3n) is 2.04. The number of hydrogen-bond donors (Lipinski definition) is 2. The van der Waals surface area contributed by atoms with Gasteiger partial charge in [-0.25, -0.2) is 0 Å². The molecule has 0 spiro atoms. The van der Waals surface area contributed by atoms with E-state index in [1.807, 2.05) is 6.08 Å². The average molecular weight is 194 g/mol. The Morgan fingerprint density at radius 2 is 1.86 bits per heavy atom. The van der Waals surface area contributed by atoms with Crippen LogP contribution in [0.2, 0.25) is 0 Å². The second-order valence-electron chi connectivity index (χ2n) is 3.35.